The molecule has 1 unspecified atom stereocenters. The van der Waals surface area contributed by atoms with Crippen LogP contribution in [0.5, 0.6) is 0 Å². The van der Waals surface area contributed by atoms with Crippen LogP contribution in [0.2, 0.25) is 0 Å². The number of pyridine rings is 1. The highest BCUT2D eigenvalue weighted by Gasteiger charge is 2.15. The van der Waals surface area contributed by atoms with E-state index in [1.807, 2.05) is 32.0 Å². The lowest BCUT2D eigenvalue weighted by Gasteiger charge is -2.17. The van der Waals surface area contributed by atoms with E-state index in [4.69, 9.17) is 0 Å². The van der Waals surface area contributed by atoms with Crippen LogP contribution >= 0.6 is 11.8 Å². The van der Waals surface area contributed by atoms with Crippen molar-refractivity contribution in [2.45, 2.75) is 29.7 Å². The minimum absolute atomic E-state index is 0.00413. The van der Waals surface area contributed by atoms with Gasteiger partial charge < -0.3 is 5.32 Å². The van der Waals surface area contributed by atoms with Crippen molar-refractivity contribution in [3.63, 3.8) is 0 Å². The molecule has 1 N–H and O–H groups in total. The van der Waals surface area contributed by atoms with Gasteiger partial charge in [0.15, 0.2) is 0 Å². The maximum absolute atomic E-state index is 14.1. The number of hydrogen-bond acceptors (Lipinski definition) is 3. The molecule has 0 aliphatic carbocycles. The van der Waals surface area contributed by atoms with Crippen molar-refractivity contribution in [2.24, 2.45) is 0 Å². The van der Waals surface area contributed by atoms with Crippen LogP contribution in [0.25, 0.3) is 0 Å². The van der Waals surface area contributed by atoms with Crippen LogP contribution in [0.4, 0.5) is 4.39 Å². The molecule has 1 atom stereocenters. The molecule has 0 fully saturated rings. The molecule has 19 heavy (non-hydrogen) atoms. The van der Waals surface area contributed by atoms with Crippen LogP contribution < -0.4 is 5.32 Å². The maximum Gasteiger partial charge on any atom is 0.129 e. The molecule has 100 valence electrons. The molecule has 0 saturated heterocycles. The summed E-state index contributed by atoms with van der Waals surface area (Å²) in [7, 11) is 0. The molecule has 0 amide bonds. The fourth-order valence-electron chi connectivity index (χ4n) is 1.97. The first-order chi connectivity index (χ1) is 9.22. The fourth-order valence-corrected chi connectivity index (χ4v) is 3.01. The second-order valence-corrected chi connectivity index (χ2v) is 5.33. The predicted molar refractivity (Wildman–Crippen MR) is 76.9 cm³/mol. The molecule has 0 aliphatic rings. The van der Waals surface area contributed by atoms with Gasteiger partial charge in [-0.05, 0) is 37.7 Å². The maximum atomic E-state index is 14.1. The number of benzene rings is 1. The smallest absolute Gasteiger partial charge is 0.129 e. The Morgan fingerprint density at radius 1 is 1.26 bits per heavy atom. The molecular weight excluding hydrogens is 259 g/mol. The Kier molecular flexibility index (Phi) is 4.93. The van der Waals surface area contributed by atoms with Gasteiger partial charge in [0.1, 0.15) is 5.82 Å². The second kappa shape index (κ2) is 6.68. The molecule has 0 bridgehead atoms. The zero-order chi connectivity index (χ0) is 13.7. The number of halogens is 1. The highest BCUT2D eigenvalue weighted by Crippen LogP contribution is 2.34. The molecule has 1 heterocycles. The van der Waals surface area contributed by atoms with E-state index in [-0.39, 0.29) is 11.9 Å². The highest BCUT2D eigenvalue weighted by atomic mass is 32.2. The molecule has 1 aromatic carbocycles. The van der Waals surface area contributed by atoms with E-state index in [0.717, 1.165) is 21.9 Å². The molecule has 4 heteroatoms. The highest BCUT2D eigenvalue weighted by molar-refractivity contribution is 7.99. The molecule has 0 aliphatic heterocycles. The number of nitrogens with zero attached hydrogens (tertiary/aromatic N) is 1. The summed E-state index contributed by atoms with van der Waals surface area (Å²) < 4.78 is 14.1. The summed E-state index contributed by atoms with van der Waals surface area (Å²) in [6.07, 6.45) is 3.49. The zero-order valence-electron chi connectivity index (χ0n) is 11.1. The fraction of sp³-hybridized carbons (Fsp3) is 0.267. The van der Waals surface area contributed by atoms with E-state index in [2.05, 4.69) is 10.3 Å². The van der Waals surface area contributed by atoms with Crippen molar-refractivity contribution in [1.82, 2.24) is 10.3 Å². The quantitative estimate of drug-likeness (QED) is 0.892. The first-order valence-electron chi connectivity index (χ1n) is 6.32. The van der Waals surface area contributed by atoms with E-state index in [1.165, 1.54) is 6.07 Å². The van der Waals surface area contributed by atoms with Gasteiger partial charge in [-0.2, -0.15) is 0 Å². The second-order valence-electron chi connectivity index (χ2n) is 4.22. The largest absolute Gasteiger partial charge is 0.310 e. The molecule has 0 radical (unpaired) electrons. The Hall–Kier alpha value is -1.39. The summed E-state index contributed by atoms with van der Waals surface area (Å²) >= 11 is 1.56. The minimum atomic E-state index is -0.160. The third kappa shape index (κ3) is 3.55. The van der Waals surface area contributed by atoms with Gasteiger partial charge >= 0.3 is 0 Å². The Labute approximate surface area is 117 Å². The number of nitrogens with one attached hydrogen (secondary N) is 1. The zero-order valence-corrected chi connectivity index (χ0v) is 11.9. The SMILES string of the molecule is CCNC(C)c1c(F)cccc1Sc1ccncc1. The summed E-state index contributed by atoms with van der Waals surface area (Å²) in [4.78, 5) is 6.00. The van der Waals surface area contributed by atoms with Gasteiger partial charge in [-0.1, -0.05) is 24.8 Å². The van der Waals surface area contributed by atoms with Crippen molar-refractivity contribution in [3.05, 3.63) is 54.1 Å². The number of aromatic nitrogens is 1. The summed E-state index contributed by atoms with van der Waals surface area (Å²) in [5.41, 5.74) is 0.728. The average molecular weight is 276 g/mol. The van der Waals surface area contributed by atoms with E-state index < -0.39 is 0 Å². The normalized spacial score (nSPS) is 12.4. The Morgan fingerprint density at radius 3 is 2.68 bits per heavy atom. The first kappa shape index (κ1) is 14.0. The topological polar surface area (TPSA) is 24.9 Å². The lowest BCUT2D eigenvalue weighted by atomic mass is 10.1. The van der Waals surface area contributed by atoms with Crippen molar-refractivity contribution in [2.75, 3.05) is 6.54 Å². The first-order valence-corrected chi connectivity index (χ1v) is 7.13. The van der Waals surface area contributed by atoms with Crippen molar-refractivity contribution >= 4 is 11.8 Å². The van der Waals surface area contributed by atoms with E-state index in [1.54, 1.807) is 30.2 Å². The van der Waals surface area contributed by atoms with Crippen molar-refractivity contribution < 1.29 is 4.39 Å². The molecule has 2 aromatic rings. The lowest BCUT2D eigenvalue weighted by Crippen LogP contribution is -2.19. The van der Waals surface area contributed by atoms with Gasteiger partial charge in [-0.25, -0.2) is 4.39 Å². The monoisotopic (exact) mass is 276 g/mol. The van der Waals surface area contributed by atoms with Gasteiger partial charge in [0.25, 0.3) is 0 Å². The van der Waals surface area contributed by atoms with Crippen molar-refractivity contribution in [3.8, 4) is 0 Å². The predicted octanol–water partition coefficient (Wildman–Crippen LogP) is 4.04. The average Bonchev–Trinajstić information content (AvgIpc) is 2.40. The van der Waals surface area contributed by atoms with Gasteiger partial charge in [-0.15, -0.1) is 0 Å². The molecule has 0 spiro atoms. The third-order valence-corrected chi connectivity index (χ3v) is 3.92. The van der Waals surface area contributed by atoms with Gasteiger partial charge in [0.05, 0.1) is 0 Å². The standard InChI is InChI=1S/C15H17FN2S/c1-3-18-11(2)15-13(16)5-4-6-14(15)19-12-7-9-17-10-8-12/h4-11,18H,3H2,1-2H3. The lowest BCUT2D eigenvalue weighted by molar-refractivity contribution is 0.531. The number of rotatable bonds is 5. The molecular formula is C15H17FN2S. The third-order valence-electron chi connectivity index (χ3n) is 2.83. The van der Waals surface area contributed by atoms with Crippen LogP contribution in [0, 0.1) is 5.82 Å². The van der Waals surface area contributed by atoms with Gasteiger partial charge in [0.2, 0.25) is 0 Å². The molecule has 1 aromatic heterocycles. The summed E-state index contributed by atoms with van der Waals surface area (Å²) in [5, 5.41) is 3.26. The van der Waals surface area contributed by atoms with Gasteiger partial charge in [-0.3, -0.25) is 4.98 Å². The molecule has 0 saturated carbocycles. The minimum Gasteiger partial charge on any atom is -0.310 e. The Morgan fingerprint density at radius 2 is 2.00 bits per heavy atom. The summed E-state index contributed by atoms with van der Waals surface area (Å²) in [6.45, 7) is 4.82. The van der Waals surface area contributed by atoms with Crippen LogP contribution in [0.3, 0.4) is 0 Å². The Balaban J connectivity index is 2.32. The van der Waals surface area contributed by atoms with Crippen LogP contribution in [0.1, 0.15) is 25.5 Å². The van der Waals surface area contributed by atoms with Crippen LogP contribution in [-0.2, 0) is 0 Å². The van der Waals surface area contributed by atoms with Crippen LogP contribution in [-0.4, -0.2) is 11.5 Å². The number of hydrogen-bond donors (Lipinski definition) is 1. The van der Waals surface area contributed by atoms with E-state index >= 15 is 0 Å². The molecule has 2 rings (SSSR count). The summed E-state index contributed by atoms with van der Waals surface area (Å²) in [5.74, 6) is -0.160. The van der Waals surface area contributed by atoms with E-state index in [9.17, 15) is 4.39 Å². The van der Waals surface area contributed by atoms with Crippen molar-refractivity contribution in [1.29, 1.82) is 0 Å². The van der Waals surface area contributed by atoms with Crippen LogP contribution in [0.15, 0.2) is 52.5 Å². The van der Waals surface area contributed by atoms with Gasteiger partial charge in [0, 0.05) is 33.8 Å². The molecule has 2 nitrogen and oxygen atoms in total. The summed E-state index contributed by atoms with van der Waals surface area (Å²) in [6, 6.07) is 9.07. The Bertz CT molecular complexity index is 531. The van der Waals surface area contributed by atoms with E-state index in [0.29, 0.717) is 0 Å².